The van der Waals surface area contributed by atoms with Crippen LogP contribution in [0.4, 0.5) is 0 Å². The number of carboxylic acid groups (broad SMARTS) is 1. The number of aromatic hydroxyl groups is 1. The molecule has 2 rings (SSSR count). The molecule has 0 fully saturated rings. The summed E-state index contributed by atoms with van der Waals surface area (Å²) in [6.07, 6.45) is 2.02. The number of aliphatic carboxylic acids is 1. The van der Waals surface area contributed by atoms with Gasteiger partial charge in [-0.1, -0.05) is 0 Å². The van der Waals surface area contributed by atoms with Gasteiger partial charge in [-0.3, -0.25) is 4.79 Å². The van der Waals surface area contributed by atoms with Crippen molar-refractivity contribution in [1.29, 1.82) is 0 Å². The van der Waals surface area contributed by atoms with Crippen LogP contribution in [0.3, 0.4) is 0 Å². The molecule has 0 saturated heterocycles. The van der Waals surface area contributed by atoms with Crippen molar-refractivity contribution in [3.05, 3.63) is 23.3 Å². The molecule has 1 atom stereocenters. The Morgan fingerprint density at radius 3 is 2.94 bits per heavy atom. The van der Waals surface area contributed by atoms with Gasteiger partial charge in [-0.25, -0.2) is 0 Å². The van der Waals surface area contributed by atoms with Gasteiger partial charge in [0.05, 0.1) is 6.61 Å². The van der Waals surface area contributed by atoms with Crippen molar-refractivity contribution in [1.82, 2.24) is 0 Å². The van der Waals surface area contributed by atoms with Crippen LogP contribution in [0.5, 0.6) is 11.5 Å². The fourth-order valence-corrected chi connectivity index (χ4v) is 2.25. The third-order valence-corrected chi connectivity index (χ3v) is 3.03. The predicted molar refractivity (Wildman–Crippen MR) is 65.9 cm³/mol. The quantitative estimate of drug-likeness (QED) is 0.680. The highest BCUT2D eigenvalue weighted by Gasteiger charge is 2.22. The normalized spacial score (nSPS) is 17.5. The van der Waals surface area contributed by atoms with E-state index in [1.165, 1.54) is 0 Å². The summed E-state index contributed by atoms with van der Waals surface area (Å²) in [5.41, 5.74) is 7.95. The monoisotopic (exact) mass is 251 g/mol. The molecule has 1 unspecified atom stereocenters. The topological polar surface area (TPSA) is 92.8 Å². The van der Waals surface area contributed by atoms with E-state index in [0.717, 1.165) is 24.0 Å². The van der Waals surface area contributed by atoms with E-state index >= 15 is 0 Å². The summed E-state index contributed by atoms with van der Waals surface area (Å²) in [4.78, 5) is 10.4. The number of carboxylic acids is 1. The summed E-state index contributed by atoms with van der Waals surface area (Å²) in [7, 11) is 0. The zero-order valence-electron chi connectivity index (χ0n) is 10.1. The second-order valence-corrected chi connectivity index (χ2v) is 4.60. The summed E-state index contributed by atoms with van der Waals surface area (Å²) in [6.45, 7) is 0.331. The number of fused-ring (bicyclic) bond motifs is 1. The van der Waals surface area contributed by atoms with Gasteiger partial charge < -0.3 is 20.7 Å². The molecular formula is C13H17NO4. The van der Waals surface area contributed by atoms with E-state index in [0.29, 0.717) is 18.8 Å². The molecule has 18 heavy (non-hydrogen) atoms. The molecule has 1 aliphatic rings. The highest BCUT2D eigenvalue weighted by Crippen LogP contribution is 2.34. The van der Waals surface area contributed by atoms with E-state index in [1.807, 2.05) is 0 Å². The fraction of sp³-hybridized carbons (Fsp3) is 0.462. The van der Waals surface area contributed by atoms with E-state index in [2.05, 4.69) is 0 Å². The van der Waals surface area contributed by atoms with Crippen LogP contribution in [0.1, 0.15) is 24.0 Å². The number of hydrogen-bond acceptors (Lipinski definition) is 4. The van der Waals surface area contributed by atoms with Crippen molar-refractivity contribution in [3.8, 4) is 11.5 Å². The first-order valence-electron chi connectivity index (χ1n) is 6.01. The van der Waals surface area contributed by atoms with Crippen LogP contribution in [-0.2, 0) is 17.6 Å². The van der Waals surface area contributed by atoms with Crippen molar-refractivity contribution in [3.63, 3.8) is 0 Å². The second-order valence-electron chi connectivity index (χ2n) is 4.60. The smallest absolute Gasteiger partial charge is 0.303 e. The molecular weight excluding hydrogens is 234 g/mol. The van der Waals surface area contributed by atoms with Gasteiger partial charge in [-0.2, -0.15) is 0 Å². The van der Waals surface area contributed by atoms with Gasteiger partial charge in [0.15, 0.2) is 0 Å². The molecule has 0 amide bonds. The standard InChI is InChI=1S/C13H17NO4/c14-9-4-8-5-10(15)7-12(11(8)6-9)18-3-1-2-13(16)17/h5,7,9,15H,1-4,6,14H2,(H,16,17). The molecule has 1 aromatic carbocycles. The lowest BCUT2D eigenvalue weighted by Gasteiger charge is -2.11. The highest BCUT2D eigenvalue weighted by atomic mass is 16.5. The summed E-state index contributed by atoms with van der Waals surface area (Å²) in [5, 5.41) is 18.1. The number of phenolic OH excluding ortho intramolecular Hbond substituents is 1. The maximum Gasteiger partial charge on any atom is 0.303 e. The average molecular weight is 251 g/mol. The van der Waals surface area contributed by atoms with Crippen LogP contribution in [0.2, 0.25) is 0 Å². The minimum atomic E-state index is -0.832. The number of benzene rings is 1. The lowest BCUT2D eigenvalue weighted by Crippen LogP contribution is -2.19. The lowest BCUT2D eigenvalue weighted by atomic mass is 10.1. The van der Waals surface area contributed by atoms with E-state index in [-0.39, 0.29) is 18.2 Å². The van der Waals surface area contributed by atoms with Crippen molar-refractivity contribution in [2.45, 2.75) is 31.7 Å². The van der Waals surface area contributed by atoms with E-state index < -0.39 is 5.97 Å². The Hall–Kier alpha value is -1.75. The maximum absolute atomic E-state index is 10.4. The van der Waals surface area contributed by atoms with Crippen molar-refractivity contribution < 1.29 is 19.7 Å². The molecule has 0 spiro atoms. The Labute approximate surface area is 105 Å². The van der Waals surface area contributed by atoms with Crippen LogP contribution in [0.25, 0.3) is 0 Å². The van der Waals surface area contributed by atoms with E-state index in [4.69, 9.17) is 15.6 Å². The minimum absolute atomic E-state index is 0.0724. The average Bonchev–Trinajstić information content (AvgIpc) is 2.64. The Kier molecular flexibility index (Phi) is 3.72. The Morgan fingerprint density at radius 1 is 1.44 bits per heavy atom. The first-order chi connectivity index (χ1) is 8.56. The van der Waals surface area contributed by atoms with Crippen LogP contribution >= 0.6 is 0 Å². The van der Waals surface area contributed by atoms with Gasteiger partial charge in [0, 0.05) is 18.5 Å². The molecule has 0 saturated carbocycles. The van der Waals surface area contributed by atoms with Crippen molar-refractivity contribution >= 4 is 5.97 Å². The molecule has 0 bridgehead atoms. The molecule has 0 radical (unpaired) electrons. The highest BCUT2D eigenvalue weighted by molar-refractivity contribution is 5.66. The van der Waals surface area contributed by atoms with Crippen LogP contribution in [0.15, 0.2) is 12.1 Å². The van der Waals surface area contributed by atoms with Gasteiger partial charge in [0.25, 0.3) is 0 Å². The molecule has 0 heterocycles. The fourth-order valence-electron chi connectivity index (χ4n) is 2.25. The van der Waals surface area contributed by atoms with Gasteiger partial charge in [0.2, 0.25) is 0 Å². The molecule has 4 N–H and O–H groups in total. The minimum Gasteiger partial charge on any atom is -0.508 e. The van der Waals surface area contributed by atoms with Gasteiger partial charge in [0.1, 0.15) is 11.5 Å². The summed E-state index contributed by atoms with van der Waals surface area (Å²) in [5.74, 6) is -0.0406. The molecule has 1 aromatic rings. The van der Waals surface area contributed by atoms with Crippen molar-refractivity contribution in [2.24, 2.45) is 5.73 Å². The zero-order valence-corrected chi connectivity index (χ0v) is 10.1. The van der Waals surface area contributed by atoms with Crippen LogP contribution in [0, 0.1) is 0 Å². The van der Waals surface area contributed by atoms with E-state index in [9.17, 15) is 9.90 Å². The lowest BCUT2D eigenvalue weighted by molar-refractivity contribution is -0.137. The zero-order chi connectivity index (χ0) is 13.1. The summed E-state index contributed by atoms with van der Waals surface area (Å²) >= 11 is 0. The number of carbonyl (C=O) groups is 1. The molecule has 0 aliphatic heterocycles. The molecule has 0 aromatic heterocycles. The number of hydrogen-bond donors (Lipinski definition) is 3. The largest absolute Gasteiger partial charge is 0.508 e. The second kappa shape index (κ2) is 5.27. The molecule has 5 nitrogen and oxygen atoms in total. The summed E-state index contributed by atoms with van der Waals surface area (Å²) < 4.78 is 5.55. The van der Waals surface area contributed by atoms with Gasteiger partial charge in [-0.05, 0) is 36.5 Å². The third kappa shape index (κ3) is 2.92. The maximum atomic E-state index is 10.4. The van der Waals surface area contributed by atoms with Crippen LogP contribution < -0.4 is 10.5 Å². The Bertz CT molecular complexity index is 459. The third-order valence-electron chi connectivity index (χ3n) is 3.03. The van der Waals surface area contributed by atoms with Crippen molar-refractivity contribution in [2.75, 3.05) is 6.61 Å². The first-order valence-corrected chi connectivity index (χ1v) is 6.01. The van der Waals surface area contributed by atoms with Gasteiger partial charge >= 0.3 is 5.97 Å². The van der Waals surface area contributed by atoms with Gasteiger partial charge in [-0.15, -0.1) is 0 Å². The molecule has 98 valence electrons. The predicted octanol–water partition coefficient (Wildman–Crippen LogP) is 1.06. The number of ether oxygens (including phenoxy) is 1. The number of rotatable bonds is 5. The Morgan fingerprint density at radius 2 is 2.22 bits per heavy atom. The summed E-state index contributed by atoms with van der Waals surface area (Å²) in [6, 6.07) is 3.35. The number of nitrogens with two attached hydrogens (primary N) is 1. The van der Waals surface area contributed by atoms with E-state index in [1.54, 1.807) is 12.1 Å². The number of phenols is 1. The molecule has 5 heteroatoms. The first kappa shape index (κ1) is 12.7. The molecule has 1 aliphatic carbocycles. The Balaban J connectivity index is 2.02. The SMILES string of the molecule is NC1Cc2cc(O)cc(OCCCC(=O)O)c2C1. The van der Waals surface area contributed by atoms with Crippen LogP contribution in [-0.4, -0.2) is 28.8 Å².